The molecule has 2 aromatic rings. The smallest absolute Gasteiger partial charge is 0.266 e. The Morgan fingerprint density at radius 3 is 2.59 bits per heavy atom. The number of aromatic hydroxyl groups is 1. The van der Waals surface area contributed by atoms with Crippen LogP contribution in [0.25, 0.3) is 6.08 Å². The molecule has 0 fully saturated rings. The maximum absolute atomic E-state index is 12.4. The van der Waals surface area contributed by atoms with Crippen LogP contribution in [0.3, 0.4) is 0 Å². The fourth-order valence-corrected chi connectivity index (χ4v) is 2.94. The van der Waals surface area contributed by atoms with Crippen LogP contribution in [0.4, 0.5) is 5.69 Å². The molecule has 0 saturated carbocycles. The second-order valence-electron chi connectivity index (χ2n) is 6.27. The molecule has 29 heavy (non-hydrogen) atoms. The van der Waals surface area contributed by atoms with Crippen molar-refractivity contribution in [3.05, 3.63) is 52.0 Å². The second kappa shape index (κ2) is 10.5. The largest absolute Gasteiger partial charge is 0.508 e. The van der Waals surface area contributed by atoms with Crippen LogP contribution in [0.5, 0.6) is 17.2 Å². The first-order valence-electron chi connectivity index (χ1n) is 9.23. The molecule has 0 aliphatic carbocycles. The highest BCUT2D eigenvalue weighted by atomic mass is 79.9. The summed E-state index contributed by atoms with van der Waals surface area (Å²) in [7, 11) is 0. The number of hydrogen-bond acceptors (Lipinski definition) is 5. The molecule has 0 bridgehead atoms. The van der Waals surface area contributed by atoms with Crippen LogP contribution < -0.4 is 14.8 Å². The maximum atomic E-state index is 12.4. The molecular weight excluding hydrogens is 436 g/mol. The van der Waals surface area contributed by atoms with E-state index in [1.165, 1.54) is 18.2 Å². The van der Waals surface area contributed by atoms with Crippen molar-refractivity contribution in [1.29, 1.82) is 5.26 Å². The number of phenols is 1. The Morgan fingerprint density at radius 1 is 1.31 bits per heavy atom. The standard InChI is InChI=1S/C22H23BrN2O4/c1-4-14(3)29-21-19(23)11-15(12-20(21)28-5-2)10-16(13-24)22(27)25-17-6-8-18(26)9-7-17/h6-12,14,26H,4-5H2,1-3H3,(H,25,27)/b16-10-/t14-/m1/s1. The quantitative estimate of drug-likeness (QED) is 0.319. The van der Waals surface area contributed by atoms with Gasteiger partial charge < -0.3 is 19.9 Å². The van der Waals surface area contributed by atoms with E-state index in [2.05, 4.69) is 21.2 Å². The van der Waals surface area contributed by atoms with Crippen LogP contribution in [0.1, 0.15) is 32.8 Å². The van der Waals surface area contributed by atoms with Gasteiger partial charge in [0, 0.05) is 5.69 Å². The van der Waals surface area contributed by atoms with Gasteiger partial charge in [-0.25, -0.2) is 0 Å². The van der Waals surface area contributed by atoms with Gasteiger partial charge in [-0.05, 0) is 84.2 Å². The minimum atomic E-state index is -0.549. The van der Waals surface area contributed by atoms with Gasteiger partial charge in [0.15, 0.2) is 11.5 Å². The molecule has 0 aliphatic heterocycles. The third-order valence-corrected chi connectivity index (χ3v) is 4.62. The molecule has 7 heteroatoms. The van der Waals surface area contributed by atoms with Gasteiger partial charge in [0.25, 0.3) is 5.91 Å². The summed E-state index contributed by atoms with van der Waals surface area (Å²) < 4.78 is 12.3. The van der Waals surface area contributed by atoms with E-state index in [0.717, 1.165) is 6.42 Å². The molecule has 0 spiro atoms. The molecule has 2 aromatic carbocycles. The van der Waals surface area contributed by atoms with Gasteiger partial charge in [-0.1, -0.05) is 6.92 Å². The molecule has 0 radical (unpaired) electrons. The minimum Gasteiger partial charge on any atom is -0.508 e. The normalized spacial score (nSPS) is 12.0. The van der Waals surface area contributed by atoms with Crippen molar-refractivity contribution >= 4 is 33.6 Å². The summed E-state index contributed by atoms with van der Waals surface area (Å²) in [5.41, 5.74) is 1.03. The van der Waals surface area contributed by atoms with Crippen LogP contribution in [-0.4, -0.2) is 23.7 Å². The lowest BCUT2D eigenvalue weighted by Gasteiger charge is -2.18. The summed E-state index contributed by atoms with van der Waals surface area (Å²) in [6.07, 6.45) is 2.34. The summed E-state index contributed by atoms with van der Waals surface area (Å²) in [5.74, 6) is 0.661. The van der Waals surface area contributed by atoms with Crippen molar-refractivity contribution in [2.24, 2.45) is 0 Å². The SMILES string of the molecule is CCOc1cc(/C=C(/C#N)C(=O)Nc2ccc(O)cc2)cc(Br)c1O[C@H](C)CC. The Hall–Kier alpha value is -2.98. The highest BCUT2D eigenvalue weighted by Gasteiger charge is 2.16. The van der Waals surface area contributed by atoms with Gasteiger partial charge in [0.05, 0.1) is 17.2 Å². The summed E-state index contributed by atoms with van der Waals surface area (Å²) in [4.78, 5) is 12.4. The summed E-state index contributed by atoms with van der Waals surface area (Å²) >= 11 is 3.49. The Morgan fingerprint density at radius 2 is 2.00 bits per heavy atom. The first-order chi connectivity index (χ1) is 13.9. The lowest BCUT2D eigenvalue weighted by Crippen LogP contribution is -2.13. The van der Waals surface area contributed by atoms with Crippen molar-refractivity contribution < 1.29 is 19.4 Å². The second-order valence-corrected chi connectivity index (χ2v) is 7.12. The highest BCUT2D eigenvalue weighted by molar-refractivity contribution is 9.10. The molecule has 0 aromatic heterocycles. The van der Waals surface area contributed by atoms with Crippen LogP contribution in [0.2, 0.25) is 0 Å². The lowest BCUT2D eigenvalue weighted by atomic mass is 10.1. The first kappa shape index (κ1) is 22.3. The third-order valence-electron chi connectivity index (χ3n) is 4.03. The van der Waals surface area contributed by atoms with Gasteiger partial charge in [-0.3, -0.25) is 4.79 Å². The number of halogens is 1. The number of ether oxygens (including phenoxy) is 2. The predicted molar refractivity (Wildman–Crippen MR) is 116 cm³/mol. The number of nitriles is 1. The van der Waals surface area contributed by atoms with Crippen LogP contribution in [-0.2, 0) is 4.79 Å². The predicted octanol–water partition coefficient (Wildman–Crippen LogP) is 5.28. The number of carbonyl (C=O) groups excluding carboxylic acids is 1. The number of benzene rings is 2. The van der Waals surface area contributed by atoms with Crippen molar-refractivity contribution in [2.45, 2.75) is 33.3 Å². The summed E-state index contributed by atoms with van der Waals surface area (Å²) in [5, 5.41) is 21.4. The van der Waals surface area contributed by atoms with Gasteiger partial charge in [-0.15, -0.1) is 0 Å². The molecule has 0 heterocycles. The summed E-state index contributed by atoms with van der Waals surface area (Å²) in [6, 6.07) is 11.4. The number of rotatable bonds is 8. The molecular formula is C22H23BrN2O4. The fraction of sp³-hybridized carbons (Fsp3) is 0.273. The Labute approximate surface area is 178 Å². The highest BCUT2D eigenvalue weighted by Crippen LogP contribution is 2.38. The molecule has 2 rings (SSSR count). The average molecular weight is 459 g/mol. The van der Waals surface area contributed by atoms with E-state index in [1.807, 2.05) is 26.8 Å². The van der Waals surface area contributed by atoms with Gasteiger partial charge in [0.1, 0.15) is 17.4 Å². The fourth-order valence-electron chi connectivity index (χ4n) is 2.39. The Kier molecular flexibility index (Phi) is 8.10. The van der Waals surface area contributed by atoms with Crippen LogP contribution in [0.15, 0.2) is 46.4 Å². The van der Waals surface area contributed by atoms with E-state index < -0.39 is 5.91 Å². The van der Waals surface area contributed by atoms with Crippen molar-refractivity contribution in [1.82, 2.24) is 0 Å². The van der Waals surface area contributed by atoms with Crippen molar-refractivity contribution in [3.63, 3.8) is 0 Å². The lowest BCUT2D eigenvalue weighted by molar-refractivity contribution is -0.112. The first-order valence-corrected chi connectivity index (χ1v) is 10.0. The monoisotopic (exact) mass is 458 g/mol. The third kappa shape index (κ3) is 6.26. The Bertz CT molecular complexity index is 933. The average Bonchev–Trinajstić information content (AvgIpc) is 2.70. The van der Waals surface area contributed by atoms with Gasteiger partial charge >= 0.3 is 0 Å². The minimum absolute atomic E-state index is 0.0117. The van der Waals surface area contributed by atoms with E-state index in [4.69, 9.17) is 9.47 Å². The molecule has 0 aliphatic rings. The number of carbonyl (C=O) groups is 1. The van der Waals surface area contributed by atoms with E-state index >= 15 is 0 Å². The molecule has 152 valence electrons. The topological polar surface area (TPSA) is 91.6 Å². The number of amides is 1. The van der Waals surface area contributed by atoms with Gasteiger partial charge in [0.2, 0.25) is 0 Å². The van der Waals surface area contributed by atoms with Crippen molar-refractivity contribution in [2.75, 3.05) is 11.9 Å². The van der Waals surface area contributed by atoms with Crippen LogP contribution in [0, 0.1) is 11.3 Å². The number of nitrogens with one attached hydrogen (secondary N) is 1. The molecule has 1 amide bonds. The zero-order valence-corrected chi connectivity index (χ0v) is 18.1. The number of nitrogens with zero attached hydrogens (tertiary/aromatic N) is 1. The van der Waals surface area contributed by atoms with E-state index in [-0.39, 0.29) is 17.4 Å². The van der Waals surface area contributed by atoms with Crippen LogP contribution >= 0.6 is 15.9 Å². The van der Waals surface area contributed by atoms with Crippen molar-refractivity contribution in [3.8, 4) is 23.3 Å². The zero-order chi connectivity index (χ0) is 21.4. The maximum Gasteiger partial charge on any atom is 0.266 e. The summed E-state index contributed by atoms with van der Waals surface area (Å²) in [6.45, 7) is 6.32. The molecule has 1 atom stereocenters. The molecule has 2 N–H and O–H groups in total. The number of phenolic OH excluding ortho intramolecular Hbond substituents is 1. The van der Waals surface area contributed by atoms with E-state index in [1.54, 1.807) is 24.3 Å². The Balaban J connectivity index is 2.33. The van der Waals surface area contributed by atoms with E-state index in [9.17, 15) is 15.2 Å². The number of hydrogen-bond donors (Lipinski definition) is 2. The molecule has 6 nitrogen and oxygen atoms in total. The number of anilines is 1. The zero-order valence-electron chi connectivity index (χ0n) is 16.5. The van der Waals surface area contributed by atoms with Gasteiger partial charge in [-0.2, -0.15) is 5.26 Å². The van der Waals surface area contributed by atoms with E-state index in [0.29, 0.717) is 33.8 Å². The molecule has 0 saturated heterocycles. The molecule has 0 unspecified atom stereocenters.